The van der Waals surface area contributed by atoms with Crippen LogP contribution in [0.5, 0.6) is 0 Å². The standard InChI is InChI=1S/C23H26F3N2O2.HI/c1-15-5-3-4-6-21(15)27(13-17-11-19(25)20(26)12-18(17)24)23(29)30-22-14-28(2)9-7-16(22)8-10-28;/h3-6,11-12,16,22H,7-10,13-14H2,1-2H3;1H/q+1;/p-1. The molecule has 0 aliphatic carbocycles. The molecule has 0 aromatic heterocycles. The second-order valence-electron chi connectivity index (χ2n) is 8.74. The Bertz CT molecular complexity index is 964. The molecular formula is C23H26F3IN2O2. The van der Waals surface area contributed by atoms with Gasteiger partial charge in [-0.2, -0.15) is 0 Å². The van der Waals surface area contributed by atoms with E-state index in [2.05, 4.69) is 7.05 Å². The van der Waals surface area contributed by atoms with Crippen LogP contribution in [0.15, 0.2) is 36.4 Å². The number of quaternary nitrogens is 1. The predicted octanol–water partition coefficient (Wildman–Crippen LogP) is 1.80. The zero-order valence-corrected chi connectivity index (χ0v) is 19.7. The molecule has 2 bridgehead atoms. The van der Waals surface area contributed by atoms with Gasteiger partial charge in [-0.25, -0.2) is 18.0 Å². The average Bonchev–Trinajstić information content (AvgIpc) is 2.70. The Morgan fingerprint density at radius 2 is 1.74 bits per heavy atom. The second-order valence-corrected chi connectivity index (χ2v) is 8.74. The monoisotopic (exact) mass is 546 g/mol. The summed E-state index contributed by atoms with van der Waals surface area (Å²) in [6.45, 7) is 4.51. The van der Waals surface area contributed by atoms with Gasteiger partial charge in [0.15, 0.2) is 17.7 Å². The number of anilines is 1. The first kappa shape index (κ1) is 23.8. The lowest BCUT2D eigenvalue weighted by Crippen LogP contribution is -3.00. The van der Waals surface area contributed by atoms with E-state index in [0.29, 0.717) is 17.7 Å². The van der Waals surface area contributed by atoms with Crippen LogP contribution in [-0.2, 0) is 11.3 Å². The number of ether oxygens (including phenoxy) is 1. The molecule has 1 atom stereocenters. The molecule has 31 heavy (non-hydrogen) atoms. The summed E-state index contributed by atoms with van der Waals surface area (Å²) in [6.07, 6.45) is 1.22. The molecule has 1 unspecified atom stereocenters. The maximum atomic E-state index is 14.3. The van der Waals surface area contributed by atoms with E-state index in [4.69, 9.17) is 4.74 Å². The van der Waals surface area contributed by atoms with Crippen molar-refractivity contribution in [2.75, 3.05) is 31.6 Å². The fourth-order valence-corrected chi connectivity index (χ4v) is 4.65. The molecule has 3 heterocycles. The third-order valence-corrected chi connectivity index (χ3v) is 6.52. The van der Waals surface area contributed by atoms with Gasteiger partial charge in [-0.1, -0.05) is 18.2 Å². The molecule has 3 aliphatic heterocycles. The summed E-state index contributed by atoms with van der Waals surface area (Å²) in [6, 6.07) is 8.47. The minimum Gasteiger partial charge on any atom is -1.00 e. The summed E-state index contributed by atoms with van der Waals surface area (Å²) in [5, 5.41) is 0. The Hall–Kier alpha value is -1.81. The summed E-state index contributed by atoms with van der Waals surface area (Å²) < 4.78 is 48.2. The molecule has 0 N–H and O–H groups in total. The third kappa shape index (κ3) is 5.00. The molecular weight excluding hydrogens is 520 g/mol. The molecule has 4 nitrogen and oxygen atoms in total. The molecule has 1 amide bonds. The van der Waals surface area contributed by atoms with E-state index in [9.17, 15) is 18.0 Å². The first-order chi connectivity index (χ1) is 14.3. The van der Waals surface area contributed by atoms with Crippen LogP contribution in [0.25, 0.3) is 0 Å². The lowest BCUT2D eigenvalue weighted by molar-refractivity contribution is -0.928. The number of nitrogens with zero attached hydrogens (tertiary/aromatic N) is 2. The lowest BCUT2D eigenvalue weighted by Gasteiger charge is -2.49. The van der Waals surface area contributed by atoms with Gasteiger partial charge in [0.1, 0.15) is 12.4 Å². The third-order valence-electron chi connectivity index (χ3n) is 6.52. The number of amides is 1. The van der Waals surface area contributed by atoms with E-state index in [1.54, 1.807) is 12.1 Å². The summed E-state index contributed by atoms with van der Waals surface area (Å²) in [7, 11) is 2.17. The van der Waals surface area contributed by atoms with Gasteiger partial charge in [-0.3, -0.25) is 4.90 Å². The van der Waals surface area contributed by atoms with Crippen molar-refractivity contribution >= 4 is 11.8 Å². The summed E-state index contributed by atoms with van der Waals surface area (Å²) in [5.41, 5.74) is 1.24. The Balaban J connectivity index is 0.00000272. The minimum atomic E-state index is -1.26. The minimum absolute atomic E-state index is 0. The van der Waals surface area contributed by atoms with E-state index in [1.807, 2.05) is 19.1 Å². The quantitative estimate of drug-likeness (QED) is 0.333. The normalized spacial score (nSPS) is 24.4. The first-order valence-electron chi connectivity index (χ1n) is 10.3. The molecule has 2 aromatic carbocycles. The summed E-state index contributed by atoms with van der Waals surface area (Å²) in [4.78, 5) is 14.5. The Morgan fingerprint density at radius 3 is 2.39 bits per heavy atom. The zero-order valence-electron chi connectivity index (χ0n) is 17.6. The highest BCUT2D eigenvalue weighted by atomic mass is 127. The summed E-state index contributed by atoms with van der Waals surface area (Å²) >= 11 is 0. The molecule has 3 saturated heterocycles. The van der Waals surface area contributed by atoms with Crippen LogP contribution in [0.4, 0.5) is 23.7 Å². The van der Waals surface area contributed by atoms with Gasteiger partial charge in [0.2, 0.25) is 0 Å². The molecule has 0 spiro atoms. The number of likely N-dealkylation sites (N-methyl/N-ethyl adjacent to an activating group) is 1. The van der Waals surface area contributed by atoms with Gasteiger partial charge in [0, 0.05) is 30.4 Å². The number of hydrogen-bond acceptors (Lipinski definition) is 2. The van der Waals surface area contributed by atoms with Crippen molar-refractivity contribution in [2.45, 2.75) is 32.4 Å². The number of rotatable bonds is 4. The van der Waals surface area contributed by atoms with Crippen molar-refractivity contribution in [2.24, 2.45) is 5.92 Å². The second kappa shape index (κ2) is 9.36. The SMILES string of the molecule is Cc1ccccc1N(Cc1cc(F)c(F)cc1F)C(=O)OC1C[N+]2(C)CCC1CC2.[I-]. The molecule has 5 rings (SSSR count). The Morgan fingerprint density at radius 1 is 1.10 bits per heavy atom. The van der Waals surface area contributed by atoms with E-state index in [0.717, 1.165) is 48.6 Å². The first-order valence-corrected chi connectivity index (χ1v) is 10.3. The van der Waals surface area contributed by atoms with Gasteiger partial charge < -0.3 is 33.2 Å². The van der Waals surface area contributed by atoms with Crippen LogP contribution in [0.1, 0.15) is 24.0 Å². The van der Waals surface area contributed by atoms with Gasteiger partial charge in [0.25, 0.3) is 0 Å². The maximum Gasteiger partial charge on any atom is 0.415 e. The van der Waals surface area contributed by atoms with Crippen LogP contribution in [-0.4, -0.2) is 43.4 Å². The van der Waals surface area contributed by atoms with Crippen LogP contribution in [0, 0.1) is 30.3 Å². The zero-order chi connectivity index (χ0) is 21.5. The maximum absolute atomic E-state index is 14.3. The molecule has 0 saturated carbocycles. The van der Waals surface area contributed by atoms with Crippen molar-refractivity contribution in [3.8, 4) is 0 Å². The van der Waals surface area contributed by atoms with Gasteiger partial charge in [-0.05, 0) is 24.6 Å². The Labute approximate surface area is 197 Å². The highest BCUT2D eigenvalue weighted by Crippen LogP contribution is 2.35. The van der Waals surface area contributed by atoms with Crippen LogP contribution >= 0.6 is 0 Å². The van der Waals surface area contributed by atoms with Crippen LogP contribution in [0.2, 0.25) is 0 Å². The number of fused-ring (bicyclic) bond motifs is 3. The van der Waals surface area contributed by atoms with E-state index < -0.39 is 23.5 Å². The van der Waals surface area contributed by atoms with Gasteiger partial charge in [0.05, 0.1) is 32.4 Å². The molecule has 2 aromatic rings. The van der Waals surface area contributed by atoms with Crippen molar-refractivity contribution in [3.63, 3.8) is 0 Å². The largest absolute Gasteiger partial charge is 1.00 e. The number of piperidine rings is 3. The highest BCUT2D eigenvalue weighted by Gasteiger charge is 2.45. The number of para-hydroxylation sites is 1. The number of aryl methyl sites for hydroxylation is 1. The topological polar surface area (TPSA) is 29.5 Å². The van der Waals surface area contributed by atoms with E-state index in [-0.39, 0.29) is 42.2 Å². The number of halogens is 4. The smallest absolute Gasteiger partial charge is 0.415 e. The van der Waals surface area contributed by atoms with Crippen LogP contribution in [0.3, 0.4) is 0 Å². The van der Waals surface area contributed by atoms with E-state index >= 15 is 0 Å². The lowest BCUT2D eigenvalue weighted by atomic mass is 9.84. The van der Waals surface area contributed by atoms with Crippen molar-refractivity contribution in [1.29, 1.82) is 0 Å². The average molecular weight is 546 g/mol. The fraction of sp³-hybridized carbons (Fsp3) is 0.435. The Kier molecular flexibility index (Phi) is 7.20. The number of carbonyl (C=O) groups is 1. The van der Waals surface area contributed by atoms with Gasteiger partial charge >= 0.3 is 6.09 Å². The highest BCUT2D eigenvalue weighted by molar-refractivity contribution is 5.88. The van der Waals surface area contributed by atoms with Crippen LogP contribution < -0.4 is 28.9 Å². The van der Waals surface area contributed by atoms with Crippen molar-refractivity contribution in [3.05, 3.63) is 65.0 Å². The molecule has 8 heteroatoms. The number of carbonyl (C=O) groups excluding carboxylic acids is 1. The fourth-order valence-electron chi connectivity index (χ4n) is 4.65. The van der Waals surface area contributed by atoms with E-state index in [1.165, 1.54) is 4.90 Å². The molecule has 3 aliphatic rings. The molecule has 168 valence electrons. The van der Waals surface area contributed by atoms with Crippen molar-refractivity contribution < 1.29 is 51.2 Å². The molecule has 3 fully saturated rings. The number of hydrogen-bond donors (Lipinski definition) is 0. The number of benzene rings is 2. The van der Waals surface area contributed by atoms with Crippen molar-refractivity contribution in [1.82, 2.24) is 0 Å². The predicted molar refractivity (Wildman–Crippen MR) is 107 cm³/mol. The summed E-state index contributed by atoms with van der Waals surface area (Å²) in [5.74, 6) is -2.99. The van der Waals surface area contributed by atoms with Gasteiger partial charge in [-0.15, -0.1) is 0 Å². The molecule has 0 radical (unpaired) electrons.